The Hall–Kier alpha value is -2.63. The first-order chi connectivity index (χ1) is 11.3. The van der Waals surface area contributed by atoms with Gasteiger partial charge in [0.25, 0.3) is 0 Å². The number of nitrogens with one attached hydrogen (secondary N) is 1. The Kier molecular flexibility index (Phi) is 5.39. The summed E-state index contributed by atoms with van der Waals surface area (Å²) in [7, 11) is 0. The molecule has 1 aromatic carbocycles. The van der Waals surface area contributed by atoms with Gasteiger partial charge in [-0.25, -0.2) is 0 Å². The Morgan fingerprint density at radius 1 is 1.25 bits per heavy atom. The standard InChI is InChI=1S/C18H23N3O3/c1-5-21(12-14-9-7-6-8-10-14)17(23)18(3,4)16(22)19-15-11-13(2)24-20-15/h6-11H,5,12H2,1-4H3,(H,19,20,22). The number of carbonyl (C=O) groups is 2. The van der Waals surface area contributed by atoms with Gasteiger partial charge in [-0.15, -0.1) is 0 Å². The molecule has 0 unspecified atom stereocenters. The first kappa shape index (κ1) is 17.7. The van der Waals surface area contributed by atoms with Crippen LogP contribution in [0, 0.1) is 12.3 Å². The third-order valence-corrected chi connectivity index (χ3v) is 3.86. The van der Waals surface area contributed by atoms with Crippen LogP contribution >= 0.6 is 0 Å². The van der Waals surface area contributed by atoms with Crippen molar-refractivity contribution in [3.05, 3.63) is 47.7 Å². The zero-order valence-corrected chi connectivity index (χ0v) is 14.5. The third-order valence-electron chi connectivity index (χ3n) is 3.86. The lowest BCUT2D eigenvalue weighted by atomic mass is 9.90. The second-order valence-electron chi connectivity index (χ2n) is 6.21. The Bertz CT molecular complexity index is 707. The molecule has 0 saturated carbocycles. The van der Waals surface area contributed by atoms with Crippen LogP contribution in [0.3, 0.4) is 0 Å². The molecule has 2 aromatic rings. The van der Waals surface area contributed by atoms with E-state index in [1.54, 1.807) is 31.7 Å². The van der Waals surface area contributed by atoms with Crippen molar-refractivity contribution in [1.29, 1.82) is 0 Å². The van der Waals surface area contributed by atoms with Crippen molar-refractivity contribution in [3.63, 3.8) is 0 Å². The van der Waals surface area contributed by atoms with Gasteiger partial charge in [0.2, 0.25) is 11.8 Å². The highest BCUT2D eigenvalue weighted by molar-refractivity contribution is 6.09. The molecule has 6 nitrogen and oxygen atoms in total. The summed E-state index contributed by atoms with van der Waals surface area (Å²) in [5.41, 5.74) is -0.187. The average Bonchev–Trinajstić information content (AvgIpc) is 2.97. The summed E-state index contributed by atoms with van der Waals surface area (Å²) < 4.78 is 4.93. The van der Waals surface area contributed by atoms with E-state index in [2.05, 4.69) is 10.5 Å². The Morgan fingerprint density at radius 3 is 2.46 bits per heavy atom. The lowest BCUT2D eigenvalue weighted by Gasteiger charge is -2.30. The number of nitrogens with zero attached hydrogens (tertiary/aromatic N) is 2. The topological polar surface area (TPSA) is 75.4 Å². The van der Waals surface area contributed by atoms with Crippen LogP contribution in [0.4, 0.5) is 5.82 Å². The average molecular weight is 329 g/mol. The van der Waals surface area contributed by atoms with Crippen molar-refractivity contribution in [2.75, 3.05) is 11.9 Å². The molecule has 0 aliphatic rings. The van der Waals surface area contributed by atoms with Gasteiger partial charge in [-0.05, 0) is 33.3 Å². The minimum Gasteiger partial charge on any atom is -0.360 e. The Labute approximate surface area is 141 Å². The number of anilines is 1. The largest absolute Gasteiger partial charge is 0.360 e. The zero-order valence-electron chi connectivity index (χ0n) is 14.5. The number of aromatic nitrogens is 1. The molecule has 0 bridgehead atoms. The molecule has 0 saturated heterocycles. The number of hydrogen-bond acceptors (Lipinski definition) is 4. The number of amides is 2. The first-order valence-electron chi connectivity index (χ1n) is 7.92. The zero-order chi connectivity index (χ0) is 17.7. The number of aryl methyl sites for hydroxylation is 1. The minimum absolute atomic E-state index is 0.230. The molecular weight excluding hydrogens is 306 g/mol. The summed E-state index contributed by atoms with van der Waals surface area (Å²) in [6.07, 6.45) is 0. The van der Waals surface area contributed by atoms with E-state index in [-0.39, 0.29) is 5.91 Å². The molecule has 0 fully saturated rings. The molecule has 0 radical (unpaired) electrons. The van der Waals surface area contributed by atoms with Crippen LogP contribution in [0.1, 0.15) is 32.1 Å². The number of benzene rings is 1. The summed E-state index contributed by atoms with van der Waals surface area (Å²) in [5, 5.41) is 6.36. The van der Waals surface area contributed by atoms with Gasteiger partial charge in [-0.2, -0.15) is 0 Å². The molecule has 1 heterocycles. The second kappa shape index (κ2) is 7.29. The van der Waals surface area contributed by atoms with E-state index < -0.39 is 11.3 Å². The fourth-order valence-electron chi connectivity index (χ4n) is 2.32. The van der Waals surface area contributed by atoms with Gasteiger partial charge in [0.15, 0.2) is 5.82 Å². The molecule has 0 spiro atoms. The summed E-state index contributed by atoms with van der Waals surface area (Å²) in [6.45, 7) is 7.85. The van der Waals surface area contributed by atoms with E-state index >= 15 is 0 Å². The van der Waals surface area contributed by atoms with Crippen molar-refractivity contribution < 1.29 is 14.1 Å². The van der Waals surface area contributed by atoms with Crippen LogP contribution in [0.2, 0.25) is 0 Å². The molecular formula is C18H23N3O3. The maximum absolute atomic E-state index is 12.9. The van der Waals surface area contributed by atoms with Crippen LogP contribution in [0.15, 0.2) is 40.9 Å². The van der Waals surface area contributed by atoms with E-state index in [1.807, 2.05) is 37.3 Å². The molecule has 128 valence electrons. The number of carbonyl (C=O) groups excluding carboxylic acids is 2. The number of hydrogen-bond donors (Lipinski definition) is 1. The Morgan fingerprint density at radius 2 is 1.92 bits per heavy atom. The van der Waals surface area contributed by atoms with Crippen molar-refractivity contribution in [2.24, 2.45) is 5.41 Å². The summed E-state index contributed by atoms with van der Waals surface area (Å²) in [4.78, 5) is 27.0. The van der Waals surface area contributed by atoms with Crippen LogP contribution < -0.4 is 5.32 Å². The highest BCUT2D eigenvalue weighted by Gasteiger charge is 2.39. The predicted octanol–water partition coefficient (Wildman–Crippen LogP) is 3.00. The van der Waals surface area contributed by atoms with Gasteiger partial charge in [-0.1, -0.05) is 35.5 Å². The molecule has 2 amide bonds. The Balaban J connectivity index is 2.10. The van der Waals surface area contributed by atoms with E-state index in [9.17, 15) is 9.59 Å². The summed E-state index contributed by atoms with van der Waals surface area (Å²) in [6, 6.07) is 11.3. The molecule has 6 heteroatoms. The van der Waals surface area contributed by atoms with E-state index in [1.165, 1.54) is 0 Å². The van der Waals surface area contributed by atoms with Crippen LogP contribution in [-0.2, 0) is 16.1 Å². The van der Waals surface area contributed by atoms with Gasteiger partial charge < -0.3 is 14.7 Å². The maximum Gasteiger partial charge on any atom is 0.240 e. The monoisotopic (exact) mass is 329 g/mol. The first-order valence-corrected chi connectivity index (χ1v) is 7.92. The fraction of sp³-hybridized carbons (Fsp3) is 0.389. The van der Waals surface area contributed by atoms with Crippen LogP contribution in [0.25, 0.3) is 0 Å². The molecule has 1 aromatic heterocycles. The quantitative estimate of drug-likeness (QED) is 0.827. The normalized spacial score (nSPS) is 11.2. The van der Waals surface area contributed by atoms with Crippen molar-refractivity contribution in [2.45, 2.75) is 34.2 Å². The number of rotatable bonds is 6. The van der Waals surface area contributed by atoms with E-state index in [0.717, 1.165) is 5.56 Å². The summed E-state index contributed by atoms with van der Waals surface area (Å²) >= 11 is 0. The molecule has 0 atom stereocenters. The molecule has 1 N–H and O–H groups in total. The predicted molar refractivity (Wildman–Crippen MR) is 91.2 cm³/mol. The second-order valence-corrected chi connectivity index (χ2v) is 6.21. The molecule has 0 aliphatic heterocycles. The van der Waals surface area contributed by atoms with E-state index in [4.69, 9.17) is 4.52 Å². The van der Waals surface area contributed by atoms with Crippen molar-refractivity contribution in [3.8, 4) is 0 Å². The van der Waals surface area contributed by atoms with Gasteiger partial charge in [-0.3, -0.25) is 9.59 Å². The lowest BCUT2D eigenvalue weighted by Crippen LogP contribution is -2.47. The maximum atomic E-state index is 12.9. The van der Waals surface area contributed by atoms with Crippen molar-refractivity contribution >= 4 is 17.6 Å². The van der Waals surface area contributed by atoms with Crippen LogP contribution in [-0.4, -0.2) is 28.4 Å². The smallest absolute Gasteiger partial charge is 0.240 e. The summed E-state index contributed by atoms with van der Waals surface area (Å²) in [5.74, 6) is 0.261. The SMILES string of the molecule is CCN(Cc1ccccc1)C(=O)C(C)(C)C(=O)Nc1cc(C)on1. The highest BCUT2D eigenvalue weighted by Crippen LogP contribution is 2.23. The minimum atomic E-state index is -1.21. The van der Waals surface area contributed by atoms with E-state index in [0.29, 0.717) is 24.7 Å². The highest BCUT2D eigenvalue weighted by atomic mass is 16.5. The molecule has 0 aliphatic carbocycles. The van der Waals surface area contributed by atoms with Crippen LogP contribution in [0.5, 0.6) is 0 Å². The van der Waals surface area contributed by atoms with Gasteiger partial charge >= 0.3 is 0 Å². The molecule has 2 rings (SSSR count). The van der Waals surface area contributed by atoms with Gasteiger partial charge in [0, 0.05) is 19.2 Å². The third kappa shape index (κ3) is 4.01. The molecule has 24 heavy (non-hydrogen) atoms. The fourth-order valence-corrected chi connectivity index (χ4v) is 2.32. The van der Waals surface area contributed by atoms with Crippen molar-refractivity contribution in [1.82, 2.24) is 10.1 Å². The lowest BCUT2D eigenvalue weighted by molar-refractivity contribution is -0.146. The van der Waals surface area contributed by atoms with Gasteiger partial charge in [0.1, 0.15) is 11.2 Å². The van der Waals surface area contributed by atoms with Gasteiger partial charge in [0.05, 0.1) is 0 Å².